The van der Waals surface area contributed by atoms with Gasteiger partial charge in [0.05, 0.1) is 12.6 Å². The molecule has 6 heteroatoms. The average Bonchev–Trinajstić information content (AvgIpc) is 3.10. The molecule has 1 aliphatic rings. The zero-order valence-corrected chi connectivity index (χ0v) is 14.5. The van der Waals surface area contributed by atoms with Gasteiger partial charge in [-0.3, -0.25) is 9.36 Å². The maximum atomic E-state index is 12.4. The molecule has 1 aliphatic carbocycles. The van der Waals surface area contributed by atoms with E-state index in [9.17, 15) is 4.79 Å². The second kappa shape index (κ2) is 7.45. The van der Waals surface area contributed by atoms with Crippen LogP contribution in [0.2, 0.25) is 0 Å². The van der Waals surface area contributed by atoms with Crippen LogP contribution >= 0.6 is 11.8 Å². The van der Waals surface area contributed by atoms with Crippen LogP contribution in [0.1, 0.15) is 32.6 Å². The molecule has 0 aliphatic heterocycles. The van der Waals surface area contributed by atoms with Crippen molar-refractivity contribution in [3.05, 3.63) is 28.7 Å². The predicted octanol–water partition coefficient (Wildman–Crippen LogP) is 3.11. The van der Waals surface area contributed by atoms with E-state index >= 15 is 0 Å². The Labute approximate surface area is 140 Å². The van der Waals surface area contributed by atoms with E-state index in [0.717, 1.165) is 5.39 Å². The van der Waals surface area contributed by atoms with E-state index in [2.05, 4.69) is 9.97 Å². The van der Waals surface area contributed by atoms with E-state index in [1.807, 2.05) is 13.2 Å². The molecular weight excluding hydrogens is 310 g/mol. The summed E-state index contributed by atoms with van der Waals surface area (Å²) >= 11 is 1.48. The minimum Gasteiger partial charge on any atom is -0.376 e. The number of hydrogen-bond donors (Lipinski definition) is 0. The molecule has 2 aromatic heterocycles. The number of rotatable bonds is 6. The smallest absolute Gasteiger partial charge is 0.252 e. The Morgan fingerprint density at radius 2 is 2.17 bits per heavy atom. The minimum atomic E-state index is -0.0223. The molecule has 1 saturated carbocycles. The van der Waals surface area contributed by atoms with Crippen molar-refractivity contribution in [3.63, 3.8) is 0 Å². The van der Waals surface area contributed by atoms with Gasteiger partial charge in [0, 0.05) is 24.3 Å². The lowest BCUT2D eigenvalue weighted by atomic mass is 10.0. The van der Waals surface area contributed by atoms with Crippen molar-refractivity contribution in [1.82, 2.24) is 14.5 Å². The highest BCUT2D eigenvalue weighted by atomic mass is 32.2. The van der Waals surface area contributed by atoms with Gasteiger partial charge in [-0.15, -0.1) is 0 Å². The van der Waals surface area contributed by atoms with Crippen molar-refractivity contribution in [2.45, 2.75) is 50.4 Å². The van der Waals surface area contributed by atoms with E-state index in [4.69, 9.17) is 4.74 Å². The van der Waals surface area contributed by atoms with Crippen LogP contribution in [-0.4, -0.2) is 33.5 Å². The van der Waals surface area contributed by atoms with Crippen molar-refractivity contribution in [2.24, 2.45) is 5.92 Å². The Kier molecular flexibility index (Phi) is 5.33. The fraction of sp³-hybridized carbons (Fsp3) is 0.588. The first kappa shape index (κ1) is 16.5. The highest BCUT2D eigenvalue weighted by molar-refractivity contribution is 7.98. The molecule has 0 spiro atoms. The van der Waals surface area contributed by atoms with Gasteiger partial charge in [-0.1, -0.05) is 24.6 Å². The van der Waals surface area contributed by atoms with Gasteiger partial charge in [0.1, 0.15) is 5.65 Å². The molecule has 0 aromatic carbocycles. The largest absolute Gasteiger partial charge is 0.376 e. The van der Waals surface area contributed by atoms with Crippen molar-refractivity contribution in [2.75, 3.05) is 12.9 Å². The van der Waals surface area contributed by atoms with E-state index < -0.39 is 0 Å². The van der Waals surface area contributed by atoms with Crippen LogP contribution in [0.5, 0.6) is 0 Å². The Morgan fingerprint density at radius 3 is 2.87 bits per heavy atom. The lowest BCUT2D eigenvalue weighted by Gasteiger charge is -2.24. The van der Waals surface area contributed by atoms with Crippen LogP contribution in [0.25, 0.3) is 11.0 Å². The van der Waals surface area contributed by atoms with Crippen molar-refractivity contribution in [3.8, 4) is 0 Å². The maximum Gasteiger partial charge on any atom is 0.252 e. The van der Waals surface area contributed by atoms with Gasteiger partial charge in [-0.25, -0.2) is 9.97 Å². The summed E-state index contributed by atoms with van der Waals surface area (Å²) in [5.41, 5.74) is 0.686. The summed E-state index contributed by atoms with van der Waals surface area (Å²) in [6, 6.07) is 3.39. The number of ether oxygens (including phenoxy) is 1. The highest BCUT2D eigenvalue weighted by Crippen LogP contribution is 2.30. The van der Waals surface area contributed by atoms with E-state index in [-0.39, 0.29) is 11.7 Å². The molecule has 0 saturated heterocycles. The van der Waals surface area contributed by atoms with E-state index in [1.165, 1.54) is 37.4 Å². The molecule has 5 nitrogen and oxygen atoms in total. The fourth-order valence-electron chi connectivity index (χ4n) is 3.39. The third-order valence-corrected chi connectivity index (χ3v) is 5.11. The Hall–Kier alpha value is -1.40. The number of pyridine rings is 1. The predicted molar refractivity (Wildman–Crippen MR) is 93.0 cm³/mol. The van der Waals surface area contributed by atoms with Crippen LogP contribution in [0.4, 0.5) is 0 Å². The molecule has 2 aromatic rings. The minimum absolute atomic E-state index is 0.0223. The second-order valence-electron chi connectivity index (χ2n) is 5.96. The van der Waals surface area contributed by atoms with Gasteiger partial charge >= 0.3 is 0 Å². The van der Waals surface area contributed by atoms with Crippen LogP contribution < -0.4 is 5.56 Å². The highest BCUT2D eigenvalue weighted by Gasteiger charge is 2.26. The van der Waals surface area contributed by atoms with Crippen molar-refractivity contribution in [1.29, 1.82) is 0 Å². The zero-order chi connectivity index (χ0) is 16.2. The first-order chi connectivity index (χ1) is 11.2. The van der Waals surface area contributed by atoms with E-state index in [1.54, 1.807) is 22.9 Å². The zero-order valence-electron chi connectivity index (χ0n) is 13.7. The topological polar surface area (TPSA) is 57.0 Å². The average molecular weight is 333 g/mol. The third-order valence-electron chi connectivity index (χ3n) is 4.55. The summed E-state index contributed by atoms with van der Waals surface area (Å²) in [5, 5.41) is 1.58. The fourth-order valence-corrected chi connectivity index (χ4v) is 3.73. The number of hydrogen-bond acceptors (Lipinski definition) is 5. The standard InChI is InChI=1S/C17H23N3O2S/c1-3-22-14(12-6-4-5-7-12)11-20-15(21)9-8-13-10-18-17(23-2)19-16(13)20/h8-10,12,14H,3-7,11H2,1-2H3. The van der Waals surface area contributed by atoms with Crippen LogP contribution in [0.15, 0.2) is 28.3 Å². The summed E-state index contributed by atoms with van der Waals surface area (Å²) in [7, 11) is 0. The lowest BCUT2D eigenvalue weighted by molar-refractivity contribution is 0.0101. The number of thioether (sulfide) groups is 1. The normalized spacial score (nSPS) is 17.0. The number of fused-ring (bicyclic) bond motifs is 1. The SMILES string of the molecule is CCOC(Cn1c(=O)ccc2cnc(SC)nc21)C1CCCC1. The van der Waals surface area contributed by atoms with Gasteiger partial charge in [0.25, 0.3) is 5.56 Å². The van der Waals surface area contributed by atoms with E-state index in [0.29, 0.717) is 29.9 Å². The van der Waals surface area contributed by atoms with Gasteiger partial charge in [-0.2, -0.15) is 0 Å². The molecule has 1 fully saturated rings. The summed E-state index contributed by atoms with van der Waals surface area (Å²) in [6.07, 6.45) is 8.71. The van der Waals surface area contributed by atoms with Gasteiger partial charge in [0.15, 0.2) is 5.16 Å². The lowest BCUT2D eigenvalue weighted by Crippen LogP contribution is -2.33. The summed E-state index contributed by atoms with van der Waals surface area (Å²) in [4.78, 5) is 21.3. The van der Waals surface area contributed by atoms with Gasteiger partial charge in [0.2, 0.25) is 0 Å². The third kappa shape index (κ3) is 3.58. The quantitative estimate of drug-likeness (QED) is 0.600. The Balaban J connectivity index is 1.99. The molecular formula is C17H23N3O2S. The molecule has 1 unspecified atom stereocenters. The number of aromatic nitrogens is 3. The van der Waals surface area contributed by atoms with Crippen molar-refractivity contribution >= 4 is 22.8 Å². The molecule has 23 heavy (non-hydrogen) atoms. The molecule has 0 bridgehead atoms. The first-order valence-electron chi connectivity index (χ1n) is 8.25. The Morgan fingerprint density at radius 1 is 1.39 bits per heavy atom. The summed E-state index contributed by atoms with van der Waals surface area (Å²) in [5.74, 6) is 0.541. The summed E-state index contributed by atoms with van der Waals surface area (Å²) < 4.78 is 7.74. The molecule has 2 heterocycles. The van der Waals surface area contributed by atoms with Crippen molar-refractivity contribution < 1.29 is 4.74 Å². The molecule has 0 N–H and O–H groups in total. The molecule has 3 rings (SSSR count). The molecule has 0 radical (unpaired) electrons. The van der Waals surface area contributed by atoms with Crippen LogP contribution in [-0.2, 0) is 11.3 Å². The van der Waals surface area contributed by atoms with Gasteiger partial charge in [-0.05, 0) is 38.0 Å². The number of nitrogens with zero attached hydrogens (tertiary/aromatic N) is 3. The molecule has 0 amide bonds. The first-order valence-corrected chi connectivity index (χ1v) is 9.47. The maximum absolute atomic E-state index is 12.4. The Bertz CT molecular complexity index is 725. The second-order valence-corrected chi connectivity index (χ2v) is 6.73. The monoisotopic (exact) mass is 333 g/mol. The summed E-state index contributed by atoms with van der Waals surface area (Å²) in [6.45, 7) is 3.26. The molecule has 124 valence electrons. The van der Waals surface area contributed by atoms with Gasteiger partial charge < -0.3 is 4.74 Å². The van der Waals surface area contributed by atoms with Crippen LogP contribution in [0.3, 0.4) is 0 Å². The van der Waals surface area contributed by atoms with Crippen LogP contribution in [0, 0.1) is 5.92 Å². The molecule has 1 atom stereocenters.